The summed E-state index contributed by atoms with van der Waals surface area (Å²) in [7, 11) is 1.52. The zero-order valence-corrected chi connectivity index (χ0v) is 8.80. The fourth-order valence-corrected chi connectivity index (χ4v) is 1.29. The average Bonchev–Trinajstić information content (AvgIpc) is 2.16. The molecule has 0 saturated carbocycles. The van der Waals surface area contributed by atoms with Gasteiger partial charge in [0, 0.05) is 6.42 Å². The number of benzene rings is 1. The number of hydrogen-bond donors (Lipinski definition) is 2. The molecule has 0 aromatic heterocycles. The Morgan fingerprint density at radius 2 is 2.29 bits per heavy atom. The van der Waals surface area contributed by atoms with Crippen LogP contribution >= 0.6 is 12.2 Å². The first kappa shape index (κ1) is 10.8. The van der Waals surface area contributed by atoms with Gasteiger partial charge in [0.05, 0.1) is 12.1 Å². The summed E-state index contributed by atoms with van der Waals surface area (Å²) in [5.74, 6) is 0.650. The highest BCUT2D eigenvalue weighted by molar-refractivity contribution is 7.80. The van der Waals surface area contributed by atoms with E-state index >= 15 is 0 Å². The fraction of sp³-hybridized carbons (Fsp3) is 0.300. The lowest BCUT2D eigenvalue weighted by atomic mass is 10.1. The number of hydrogen-bond acceptors (Lipinski definition) is 3. The number of methoxy groups -OCH3 is 1. The third kappa shape index (κ3) is 2.60. The highest BCUT2D eigenvalue weighted by Crippen LogP contribution is 2.29. The van der Waals surface area contributed by atoms with Crippen LogP contribution in [0.15, 0.2) is 18.2 Å². The molecule has 0 amide bonds. The minimum absolute atomic E-state index is 0.172. The van der Waals surface area contributed by atoms with Gasteiger partial charge in [0.25, 0.3) is 0 Å². The van der Waals surface area contributed by atoms with Gasteiger partial charge in [0.15, 0.2) is 11.5 Å². The number of para-hydroxylation sites is 1. The summed E-state index contributed by atoms with van der Waals surface area (Å²) in [6.07, 6.45) is 1.23. The lowest BCUT2D eigenvalue weighted by Crippen LogP contribution is -2.08. The smallest absolute Gasteiger partial charge is 0.160 e. The van der Waals surface area contributed by atoms with E-state index in [1.807, 2.05) is 12.1 Å². The van der Waals surface area contributed by atoms with Crippen LogP contribution in [0.3, 0.4) is 0 Å². The molecule has 0 aliphatic heterocycles. The van der Waals surface area contributed by atoms with Gasteiger partial charge in [-0.05, 0) is 18.1 Å². The molecule has 0 radical (unpaired) electrons. The molecule has 0 atom stereocenters. The summed E-state index contributed by atoms with van der Waals surface area (Å²) in [5, 5.41) is 9.69. The molecular weight excluding hydrogens is 198 g/mol. The Morgan fingerprint density at radius 1 is 1.57 bits per heavy atom. The summed E-state index contributed by atoms with van der Waals surface area (Å²) >= 11 is 4.76. The van der Waals surface area contributed by atoms with Crippen molar-refractivity contribution in [3.63, 3.8) is 0 Å². The van der Waals surface area contributed by atoms with E-state index in [2.05, 4.69) is 0 Å². The molecule has 4 heteroatoms. The van der Waals surface area contributed by atoms with Crippen molar-refractivity contribution in [2.75, 3.05) is 7.11 Å². The van der Waals surface area contributed by atoms with Crippen LogP contribution in [0.2, 0.25) is 0 Å². The van der Waals surface area contributed by atoms with E-state index in [1.165, 1.54) is 7.11 Å². The zero-order chi connectivity index (χ0) is 10.6. The van der Waals surface area contributed by atoms with Crippen LogP contribution in [-0.4, -0.2) is 17.2 Å². The molecule has 0 saturated heterocycles. The Balaban J connectivity index is 2.81. The SMILES string of the molecule is COc1cccc(CCC(N)=S)c1O. The van der Waals surface area contributed by atoms with Crippen molar-refractivity contribution in [2.45, 2.75) is 12.8 Å². The van der Waals surface area contributed by atoms with Gasteiger partial charge >= 0.3 is 0 Å². The minimum atomic E-state index is 0.172. The Hall–Kier alpha value is -1.29. The minimum Gasteiger partial charge on any atom is -0.504 e. The Labute approximate surface area is 88.5 Å². The predicted molar refractivity (Wildman–Crippen MR) is 59.8 cm³/mol. The average molecular weight is 211 g/mol. The van der Waals surface area contributed by atoms with Crippen LogP contribution < -0.4 is 10.5 Å². The highest BCUT2D eigenvalue weighted by atomic mass is 32.1. The van der Waals surface area contributed by atoms with Crippen molar-refractivity contribution in [1.82, 2.24) is 0 Å². The van der Waals surface area contributed by atoms with Gasteiger partial charge in [0.2, 0.25) is 0 Å². The van der Waals surface area contributed by atoms with E-state index in [0.29, 0.717) is 23.6 Å². The summed E-state index contributed by atoms with van der Waals surface area (Å²) in [6.45, 7) is 0. The first-order valence-corrected chi connectivity index (χ1v) is 4.69. The maximum atomic E-state index is 9.69. The van der Waals surface area contributed by atoms with E-state index < -0.39 is 0 Å². The van der Waals surface area contributed by atoms with Crippen LogP contribution in [0, 0.1) is 0 Å². The predicted octanol–water partition coefficient (Wildman–Crippen LogP) is 1.62. The summed E-state index contributed by atoms with van der Waals surface area (Å²) in [6, 6.07) is 5.36. The van der Waals surface area contributed by atoms with Crippen LogP contribution in [0.4, 0.5) is 0 Å². The standard InChI is InChI=1S/C10H13NO2S/c1-13-8-4-2-3-7(10(8)12)5-6-9(11)14/h2-4,12H,5-6H2,1H3,(H2,11,14). The molecule has 3 nitrogen and oxygen atoms in total. The number of rotatable bonds is 4. The molecule has 0 aliphatic carbocycles. The number of ether oxygens (including phenoxy) is 1. The van der Waals surface area contributed by atoms with Gasteiger partial charge in [-0.25, -0.2) is 0 Å². The van der Waals surface area contributed by atoms with Crippen molar-refractivity contribution >= 4 is 17.2 Å². The van der Waals surface area contributed by atoms with Crippen molar-refractivity contribution in [2.24, 2.45) is 5.73 Å². The molecule has 76 valence electrons. The fourth-order valence-electron chi connectivity index (χ4n) is 1.19. The van der Waals surface area contributed by atoms with Gasteiger partial charge in [-0.2, -0.15) is 0 Å². The largest absolute Gasteiger partial charge is 0.504 e. The van der Waals surface area contributed by atoms with Gasteiger partial charge in [-0.15, -0.1) is 0 Å². The lowest BCUT2D eigenvalue weighted by Gasteiger charge is -2.07. The summed E-state index contributed by atoms with van der Waals surface area (Å²) in [5.41, 5.74) is 6.18. The molecule has 0 fully saturated rings. The molecule has 0 aliphatic rings. The first-order valence-electron chi connectivity index (χ1n) is 4.28. The molecule has 0 spiro atoms. The van der Waals surface area contributed by atoms with Crippen molar-refractivity contribution in [3.05, 3.63) is 23.8 Å². The number of nitrogens with two attached hydrogens (primary N) is 1. The molecule has 14 heavy (non-hydrogen) atoms. The Kier molecular flexibility index (Phi) is 3.71. The van der Waals surface area contributed by atoms with E-state index in [9.17, 15) is 5.11 Å². The summed E-state index contributed by atoms with van der Waals surface area (Å²) in [4.78, 5) is 0.451. The quantitative estimate of drug-likeness (QED) is 0.743. The number of phenolic OH excluding ortho intramolecular Hbond substituents is 1. The molecule has 1 rings (SSSR count). The van der Waals surface area contributed by atoms with Gasteiger partial charge in [-0.3, -0.25) is 0 Å². The monoisotopic (exact) mass is 211 g/mol. The lowest BCUT2D eigenvalue weighted by molar-refractivity contribution is 0.370. The zero-order valence-electron chi connectivity index (χ0n) is 7.99. The maximum absolute atomic E-state index is 9.69. The van der Waals surface area contributed by atoms with E-state index in [-0.39, 0.29) is 5.75 Å². The van der Waals surface area contributed by atoms with Crippen molar-refractivity contribution < 1.29 is 9.84 Å². The number of thiocarbonyl (C=S) groups is 1. The van der Waals surface area contributed by atoms with Gasteiger partial charge < -0.3 is 15.6 Å². The first-order chi connectivity index (χ1) is 6.65. The van der Waals surface area contributed by atoms with Crippen LogP contribution in [0.1, 0.15) is 12.0 Å². The third-order valence-electron chi connectivity index (χ3n) is 1.94. The van der Waals surface area contributed by atoms with Gasteiger partial charge in [-0.1, -0.05) is 24.4 Å². The molecule has 0 bridgehead atoms. The third-order valence-corrected chi connectivity index (χ3v) is 2.15. The topological polar surface area (TPSA) is 55.5 Å². The molecule has 0 unspecified atom stereocenters. The number of aromatic hydroxyl groups is 1. The summed E-state index contributed by atoms with van der Waals surface area (Å²) < 4.78 is 4.98. The van der Waals surface area contributed by atoms with Crippen LogP contribution in [0.5, 0.6) is 11.5 Å². The normalized spacial score (nSPS) is 9.79. The van der Waals surface area contributed by atoms with Crippen molar-refractivity contribution in [1.29, 1.82) is 0 Å². The van der Waals surface area contributed by atoms with E-state index in [1.54, 1.807) is 6.07 Å². The maximum Gasteiger partial charge on any atom is 0.160 e. The van der Waals surface area contributed by atoms with E-state index in [0.717, 1.165) is 5.56 Å². The molecular formula is C10H13NO2S. The van der Waals surface area contributed by atoms with Crippen molar-refractivity contribution in [3.8, 4) is 11.5 Å². The van der Waals surface area contributed by atoms with Crippen LogP contribution in [-0.2, 0) is 6.42 Å². The van der Waals surface area contributed by atoms with Crippen LogP contribution in [0.25, 0.3) is 0 Å². The number of phenols is 1. The molecule has 3 N–H and O–H groups in total. The van der Waals surface area contributed by atoms with E-state index in [4.69, 9.17) is 22.7 Å². The second-order valence-electron chi connectivity index (χ2n) is 2.93. The van der Waals surface area contributed by atoms with Gasteiger partial charge in [0.1, 0.15) is 0 Å². The molecule has 0 heterocycles. The number of aryl methyl sites for hydroxylation is 1. The second kappa shape index (κ2) is 4.81. The Morgan fingerprint density at radius 3 is 2.86 bits per heavy atom. The second-order valence-corrected chi connectivity index (χ2v) is 3.46. The molecule has 1 aromatic rings. The molecule has 1 aromatic carbocycles. The Bertz CT molecular complexity index is 339. The highest BCUT2D eigenvalue weighted by Gasteiger charge is 2.06.